The van der Waals surface area contributed by atoms with Crippen molar-refractivity contribution < 1.29 is 47.6 Å². The van der Waals surface area contributed by atoms with E-state index in [4.69, 9.17) is 38.6 Å². The lowest BCUT2D eigenvalue weighted by atomic mass is 10.1. The third kappa shape index (κ3) is 17.8. The van der Waals surface area contributed by atoms with Gasteiger partial charge in [0, 0.05) is 75.6 Å². The molecule has 2 aliphatic rings. The van der Waals surface area contributed by atoms with Gasteiger partial charge in [0.2, 0.25) is 0 Å². The minimum atomic E-state index is -0.589. The van der Waals surface area contributed by atoms with Gasteiger partial charge >= 0.3 is 23.9 Å². The Morgan fingerprint density at radius 2 is 0.864 bits per heavy atom. The fraction of sp³-hybridized carbons (Fsp3) is 0.440. The van der Waals surface area contributed by atoms with Gasteiger partial charge in [-0.15, -0.1) is 0 Å². The zero-order chi connectivity index (χ0) is 46.9. The van der Waals surface area contributed by atoms with Gasteiger partial charge in [0.1, 0.15) is 23.0 Å². The Hall–Kier alpha value is -6.52. The molecule has 16 heteroatoms. The van der Waals surface area contributed by atoms with Crippen molar-refractivity contribution in [2.24, 2.45) is 10.2 Å². The molecule has 0 bridgehead atoms. The van der Waals surface area contributed by atoms with Crippen molar-refractivity contribution >= 4 is 36.3 Å². The number of esters is 4. The first kappa shape index (κ1) is 50.5. The maximum Gasteiger partial charge on any atom is 0.343 e. The number of carbonyl (C=O) groups excluding carboxylic acids is 4. The van der Waals surface area contributed by atoms with Gasteiger partial charge in [-0.05, 0) is 126 Å². The summed E-state index contributed by atoms with van der Waals surface area (Å²) >= 11 is 0. The van der Waals surface area contributed by atoms with Crippen LogP contribution in [-0.2, 0) is 19.1 Å². The number of hydrogen-bond donors (Lipinski definition) is 0. The average Bonchev–Trinajstić information content (AvgIpc) is 3.33. The first-order chi connectivity index (χ1) is 32.1. The van der Waals surface area contributed by atoms with E-state index in [2.05, 4.69) is 37.1 Å². The molecular weight excluding hydrogens is 845 g/mol. The number of rotatable bonds is 26. The largest absolute Gasteiger partial charge is 0.494 e. The van der Waals surface area contributed by atoms with Crippen LogP contribution in [0, 0.1) is 0 Å². The molecule has 0 spiro atoms. The van der Waals surface area contributed by atoms with Crippen molar-refractivity contribution in [1.82, 2.24) is 19.8 Å². The van der Waals surface area contributed by atoms with E-state index in [1.807, 2.05) is 10.0 Å². The second-order valence-electron chi connectivity index (χ2n) is 16.0. The second kappa shape index (κ2) is 27.7. The molecule has 0 atom stereocenters. The molecule has 66 heavy (non-hydrogen) atoms. The van der Waals surface area contributed by atoms with Crippen LogP contribution in [-0.4, -0.2) is 149 Å². The number of piperazine rings is 2. The Kier molecular flexibility index (Phi) is 21.2. The van der Waals surface area contributed by atoms with Gasteiger partial charge in [-0.3, -0.25) is 10.0 Å². The number of hydrogen-bond acceptors (Lipinski definition) is 16. The molecule has 2 saturated heterocycles. The summed E-state index contributed by atoms with van der Waals surface area (Å²) < 4.78 is 34.0. The van der Waals surface area contributed by atoms with Crippen LogP contribution < -0.4 is 18.9 Å². The molecule has 0 unspecified atom stereocenters. The monoisotopic (exact) mass is 908 g/mol. The highest BCUT2D eigenvalue weighted by molar-refractivity contribution is 5.97. The molecule has 2 fully saturated rings. The smallest absolute Gasteiger partial charge is 0.343 e. The topological polar surface area (TPSA) is 161 Å². The molecule has 0 aliphatic carbocycles. The summed E-state index contributed by atoms with van der Waals surface area (Å²) in [6.07, 6.45) is 12.4. The number of unbranched alkanes of at least 4 members (excludes halogenated alkanes) is 6. The summed E-state index contributed by atoms with van der Waals surface area (Å²) in [6.45, 7) is 14.8. The second-order valence-corrected chi connectivity index (χ2v) is 16.0. The van der Waals surface area contributed by atoms with Crippen LogP contribution in [0.5, 0.6) is 23.0 Å². The van der Waals surface area contributed by atoms with Crippen LogP contribution in [0.1, 0.15) is 83.2 Å². The fourth-order valence-electron chi connectivity index (χ4n) is 6.73. The third-order valence-electron chi connectivity index (χ3n) is 10.8. The van der Waals surface area contributed by atoms with Crippen LogP contribution in [0.3, 0.4) is 0 Å². The maximum atomic E-state index is 13.7. The Bertz CT molecular complexity index is 1940. The van der Waals surface area contributed by atoms with E-state index in [0.29, 0.717) is 60.2 Å². The molecule has 0 amide bonds. The standard InChI is InChI=1S/C50H64N6O10/c1-5-47(57)63-33-13-9-7-11-31-61-43-19-15-39(16-20-43)49(59)65-45-35-42(38-52-56-29-25-54(4)26-30-56)46(36-41(45)37-51-55-27-23-53(3)24-28-55)66-50(60)40-17-21-44(22-18-40)62-32-12-8-10-14-34-64-48(58)6-2/h5-6,15-22,35-38H,1-2,7-14,23-34H2,3-4H3/b51-37+,52-38+. The van der Waals surface area contributed by atoms with E-state index in [0.717, 1.165) is 116 Å². The highest BCUT2D eigenvalue weighted by atomic mass is 16.5. The summed E-state index contributed by atoms with van der Waals surface area (Å²) in [5.41, 5.74) is 1.50. The lowest BCUT2D eigenvalue weighted by Crippen LogP contribution is -2.41. The summed E-state index contributed by atoms with van der Waals surface area (Å²) in [4.78, 5) is 54.3. The van der Waals surface area contributed by atoms with Crippen molar-refractivity contribution in [3.05, 3.63) is 108 Å². The lowest BCUT2D eigenvalue weighted by Gasteiger charge is -2.30. The zero-order valence-electron chi connectivity index (χ0n) is 38.4. The Morgan fingerprint density at radius 1 is 0.515 bits per heavy atom. The van der Waals surface area contributed by atoms with Crippen molar-refractivity contribution in [3.63, 3.8) is 0 Å². The molecule has 0 N–H and O–H groups in total. The SMILES string of the molecule is C=CC(=O)OCCCCCCOc1ccc(C(=O)Oc2cc(/C=N/N3CCN(C)CC3)c(OC(=O)c3ccc(OCCCCCCOC(=O)C=C)cc3)cc2/C=N/N2CCN(C)CC2)cc1. The first-order valence-corrected chi connectivity index (χ1v) is 22.7. The first-order valence-electron chi connectivity index (χ1n) is 22.7. The third-order valence-corrected chi connectivity index (χ3v) is 10.8. The highest BCUT2D eigenvalue weighted by Gasteiger charge is 2.20. The number of likely N-dealkylation sites (N-methyl/N-ethyl adjacent to an activating group) is 2. The predicted octanol–water partition coefficient (Wildman–Crippen LogP) is 6.62. The Labute approximate surface area is 388 Å². The van der Waals surface area contributed by atoms with Crippen molar-refractivity contribution in [1.29, 1.82) is 0 Å². The van der Waals surface area contributed by atoms with Crippen molar-refractivity contribution in [2.45, 2.75) is 51.4 Å². The number of nitrogens with zero attached hydrogens (tertiary/aromatic N) is 6. The molecule has 16 nitrogen and oxygen atoms in total. The van der Waals surface area contributed by atoms with Crippen molar-refractivity contribution in [3.8, 4) is 23.0 Å². The average molecular weight is 909 g/mol. The predicted molar refractivity (Wildman–Crippen MR) is 253 cm³/mol. The van der Waals surface area contributed by atoms with Gasteiger partial charge in [0.15, 0.2) is 0 Å². The minimum absolute atomic E-state index is 0.217. The van der Waals surface area contributed by atoms with Crippen LogP contribution in [0.15, 0.2) is 96.2 Å². The number of carbonyl (C=O) groups is 4. The molecule has 0 aromatic heterocycles. The fourth-order valence-corrected chi connectivity index (χ4v) is 6.73. The van der Waals surface area contributed by atoms with Gasteiger partial charge in [-0.2, -0.15) is 10.2 Å². The van der Waals surface area contributed by atoms with Crippen LogP contribution in [0.25, 0.3) is 0 Å². The lowest BCUT2D eigenvalue weighted by molar-refractivity contribution is -0.138. The molecule has 2 aliphatic heterocycles. The molecule has 3 aromatic carbocycles. The molecule has 3 aromatic rings. The highest BCUT2D eigenvalue weighted by Crippen LogP contribution is 2.30. The van der Waals surface area contributed by atoms with Gasteiger partial charge in [0.25, 0.3) is 0 Å². The Balaban J connectivity index is 1.28. The Morgan fingerprint density at radius 3 is 1.21 bits per heavy atom. The van der Waals surface area contributed by atoms with Gasteiger partial charge in [0.05, 0.1) is 50.0 Å². The van der Waals surface area contributed by atoms with Gasteiger partial charge in [-0.1, -0.05) is 13.2 Å². The van der Waals surface area contributed by atoms with Crippen LogP contribution >= 0.6 is 0 Å². The summed E-state index contributed by atoms with van der Waals surface area (Å²) in [6, 6.07) is 16.8. The molecular formula is C50H64N6O10. The molecule has 0 saturated carbocycles. The van der Waals surface area contributed by atoms with E-state index in [1.54, 1.807) is 73.1 Å². The molecule has 5 rings (SSSR count). The minimum Gasteiger partial charge on any atom is -0.494 e. The van der Waals surface area contributed by atoms with E-state index >= 15 is 0 Å². The van der Waals surface area contributed by atoms with E-state index in [-0.39, 0.29) is 11.5 Å². The number of hydrazone groups is 2. The zero-order valence-corrected chi connectivity index (χ0v) is 38.4. The summed E-state index contributed by atoms with van der Waals surface area (Å²) in [7, 11) is 4.13. The number of benzene rings is 3. The van der Waals surface area contributed by atoms with Crippen LogP contribution in [0.4, 0.5) is 0 Å². The maximum absolute atomic E-state index is 13.7. The van der Waals surface area contributed by atoms with E-state index in [1.165, 1.54) is 0 Å². The van der Waals surface area contributed by atoms with E-state index < -0.39 is 23.9 Å². The summed E-state index contributed by atoms with van der Waals surface area (Å²) in [5.74, 6) is -0.329. The van der Waals surface area contributed by atoms with Gasteiger partial charge < -0.3 is 38.2 Å². The molecule has 0 radical (unpaired) electrons. The van der Waals surface area contributed by atoms with Gasteiger partial charge in [-0.25, -0.2) is 19.2 Å². The molecule has 354 valence electrons. The number of ether oxygens (including phenoxy) is 6. The quantitative estimate of drug-likeness (QED) is 0.0278. The summed E-state index contributed by atoms with van der Waals surface area (Å²) in [5, 5.41) is 13.4. The van der Waals surface area contributed by atoms with Crippen molar-refractivity contribution in [2.75, 3.05) is 92.9 Å². The molecule has 2 heterocycles. The normalized spacial score (nSPS) is 14.5. The van der Waals surface area contributed by atoms with Crippen LogP contribution in [0.2, 0.25) is 0 Å². The van der Waals surface area contributed by atoms with E-state index in [9.17, 15) is 19.2 Å².